The van der Waals surface area contributed by atoms with Crippen LogP contribution in [0.3, 0.4) is 0 Å². The predicted molar refractivity (Wildman–Crippen MR) is 608 cm³/mol. The monoisotopic (exact) mass is 1830 g/mol. The molecule has 6 aromatic heterocycles. The van der Waals surface area contributed by atoms with Gasteiger partial charge in [0.2, 0.25) is 0 Å². The lowest BCUT2D eigenvalue weighted by atomic mass is 10.0. The number of hydrogen-bond acceptors (Lipinski definition) is 0. The van der Waals surface area contributed by atoms with Crippen molar-refractivity contribution >= 4 is 131 Å². The molecule has 672 valence electrons. The Morgan fingerprint density at radius 1 is 0.0903 bits per heavy atom. The fourth-order valence-electron chi connectivity index (χ4n) is 22.9. The first-order valence-corrected chi connectivity index (χ1v) is 49.6. The molecular weight excluding hydrogens is 1740 g/mol. The first kappa shape index (κ1) is 83.1. The molecule has 6 heterocycles. The van der Waals surface area contributed by atoms with Gasteiger partial charge in [-0.1, -0.05) is 382 Å². The molecule has 144 heavy (non-hydrogen) atoms. The molecule has 0 aliphatic carbocycles. The summed E-state index contributed by atoms with van der Waals surface area (Å²) in [4.78, 5) is 0. The highest BCUT2D eigenvalue weighted by Gasteiger charge is 2.29. The van der Waals surface area contributed by atoms with Gasteiger partial charge in [-0.2, -0.15) is 0 Å². The topological polar surface area (TPSA) is 29.6 Å². The van der Waals surface area contributed by atoms with E-state index in [0.29, 0.717) is 0 Å². The Morgan fingerprint density at radius 2 is 0.257 bits per heavy atom. The summed E-state index contributed by atoms with van der Waals surface area (Å²) in [6, 6.07) is 201. The molecule has 23 aromatic carbocycles. The Morgan fingerprint density at radius 3 is 0.479 bits per heavy atom. The molecule has 6 nitrogen and oxygen atoms in total. The van der Waals surface area contributed by atoms with Crippen LogP contribution in [-0.4, -0.2) is 27.4 Å². The molecule has 0 N–H and O–H groups in total. The second-order valence-electron chi connectivity index (χ2n) is 37.8. The maximum absolute atomic E-state index is 2.55. The van der Waals surface area contributed by atoms with Gasteiger partial charge in [0, 0.05) is 87.4 Å². The van der Waals surface area contributed by atoms with Gasteiger partial charge in [-0.25, -0.2) is 0 Å². The normalized spacial score (nSPS) is 11.8. The van der Waals surface area contributed by atoms with Crippen LogP contribution in [0, 0.1) is 0 Å². The number of hydrogen-bond donors (Lipinski definition) is 0. The Labute approximate surface area is 832 Å². The third-order valence-electron chi connectivity index (χ3n) is 29.6. The van der Waals surface area contributed by atoms with Crippen LogP contribution in [0.25, 0.3) is 265 Å². The van der Waals surface area contributed by atoms with Crippen molar-refractivity contribution in [3.63, 3.8) is 0 Å². The van der Waals surface area contributed by atoms with Gasteiger partial charge in [-0.3, -0.25) is 0 Å². The molecule has 0 spiro atoms. The molecule has 0 aliphatic heterocycles. The number of rotatable bonds is 15. The number of nitrogens with zero attached hydrogens (tertiary/aromatic N) is 6. The minimum absolute atomic E-state index is 1.09. The minimum atomic E-state index is 1.09. The standard InChI is InChI=1S/C72H47N3.C66H43N3/c1-7-19-48(20-8-1)53-31-36-66-60(41-53)61-42-54(49-21-9-2-10-22-49)32-37-67(61)73(66)59-46-65-64-45-57(52-27-15-5-16-28-52)33-38-68(64)74(58-29-17-6-18-30-58)72(65)71(47-59)75-69-39-34-55(50-23-11-3-12-24-50)43-62(69)63-44-56(35-40-70(63)75)51-25-13-4-14-26-51;1-6-18-44(19-7-1)48-30-34-61-55(38-48)56-39-49(45-20-8-2-9-21-45)31-35-62(56)67(61)53-42-59-54-28-16-17-29-60(54)68(52-26-14-5-15-27-52)66(59)65(43-53)69-63-36-32-50(46-22-10-3-11-23-46)40-57(63)58-41-51(33-37-64(58)69)47-24-12-4-13-25-47/h1-47H;1-43H. The van der Waals surface area contributed by atoms with E-state index in [-0.39, 0.29) is 0 Å². The third-order valence-corrected chi connectivity index (χ3v) is 29.6. The molecule has 0 saturated heterocycles. The van der Waals surface area contributed by atoms with E-state index in [1.165, 1.54) is 165 Å². The van der Waals surface area contributed by atoms with Gasteiger partial charge in [0.25, 0.3) is 0 Å². The molecule has 0 aliphatic rings. The number of fused-ring (bicyclic) bond motifs is 18. The highest BCUT2D eigenvalue weighted by atomic mass is 15.1. The van der Waals surface area contributed by atoms with Gasteiger partial charge in [0.1, 0.15) is 0 Å². The van der Waals surface area contributed by atoms with Gasteiger partial charge in [-0.05, 0) is 264 Å². The highest BCUT2D eigenvalue weighted by molar-refractivity contribution is 6.22. The van der Waals surface area contributed by atoms with Crippen LogP contribution >= 0.6 is 0 Å². The average molecular weight is 1830 g/mol. The summed E-state index contributed by atoms with van der Waals surface area (Å²) < 4.78 is 15.1. The van der Waals surface area contributed by atoms with Crippen LogP contribution in [0.4, 0.5) is 0 Å². The third kappa shape index (κ3) is 14.0. The minimum Gasteiger partial charge on any atom is -0.309 e. The molecule has 0 saturated carbocycles. The first-order valence-electron chi connectivity index (χ1n) is 49.6. The lowest BCUT2D eigenvalue weighted by Gasteiger charge is -2.17. The van der Waals surface area contributed by atoms with E-state index in [0.717, 1.165) is 100 Å². The first-order chi connectivity index (χ1) is 71.4. The fraction of sp³-hybridized carbons (Fsp3) is 0. The Kier molecular flexibility index (Phi) is 19.9. The summed E-state index contributed by atoms with van der Waals surface area (Å²) >= 11 is 0. The predicted octanol–water partition coefficient (Wildman–Crippen LogP) is 37.0. The number of para-hydroxylation sites is 3. The summed E-state index contributed by atoms with van der Waals surface area (Å²) in [5.74, 6) is 0. The number of aromatic nitrogens is 6. The molecule has 0 unspecified atom stereocenters. The van der Waals surface area contributed by atoms with E-state index >= 15 is 0 Å². The van der Waals surface area contributed by atoms with E-state index < -0.39 is 0 Å². The van der Waals surface area contributed by atoms with Crippen molar-refractivity contribution in [3.8, 4) is 134 Å². The summed E-state index contributed by atoms with van der Waals surface area (Å²) in [6.45, 7) is 0. The highest BCUT2D eigenvalue weighted by Crippen LogP contribution is 2.50. The molecule has 29 aromatic rings. The Bertz CT molecular complexity index is 9680. The van der Waals surface area contributed by atoms with Crippen molar-refractivity contribution in [3.05, 3.63) is 546 Å². The van der Waals surface area contributed by atoms with Crippen LogP contribution in [0.2, 0.25) is 0 Å². The van der Waals surface area contributed by atoms with Crippen LogP contribution in [0.1, 0.15) is 0 Å². The summed E-state index contributed by atoms with van der Waals surface area (Å²) in [5.41, 5.74) is 42.0. The lowest BCUT2D eigenvalue weighted by molar-refractivity contribution is 1.11. The molecule has 6 heteroatoms. The van der Waals surface area contributed by atoms with E-state index in [4.69, 9.17) is 0 Å². The summed E-state index contributed by atoms with van der Waals surface area (Å²) in [7, 11) is 0. The van der Waals surface area contributed by atoms with Gasteiger partial charge < -0.3 is 27.4 Å². The SMILES string of the molecule is c1ccc(-c2ccc3c(c2)c2cc(-c4ccccc4)ccc2n3-c2cc(-n3c4ccc(-c5ccccc5)cc4c4cc(-c5ccccc5)ccc43)c3c(c2)c2cc(-c4ccccc4)ccc2n3-c2ccccc2)cc1.c1ccc(-c2ccc3c(c2)c2cc(-c4ccccc4)ccc2n3-c2cc(-n3c4ccc(-c5ccccc5)cc4c4cc(-c5ccccc5)ccc43)c3c(c2)c2ccccc2n3-c2ccccc2)cc1. The van der Waals surface area contributed by atoms with Crippen LogP contribution in [-0.2, 0) is 0 Å². The molecular formula is C138H90N6. The van der Waals surface area contributed by atoms with E-state index in [2.05, 4.69) is 573 Å². The van der Waals surface area contributed by atoms with Gasteiger partial charge >= 0.3 is 0 Å². The van der Waals surface area contributed by atoms with Crippen molar-refractivity contribution < 1.29 is 0 Å². The van der Waals surface area contributed by atoms with E-state index in [1.54, 1.807) is 0 Å². The maximum atomic E-state index is 2.55. The quantitative estimate of drug-likeness (QED) is 0.0979. The van der Waals surface area contributed by atoms with Crippen molar-refractivity contribution in [1.82, 2.24) is 27.4 Å². The number of benzene rings is 23. The smallest absolute Gasteiger partial charge is 0.0784 e. The summed E-state index contributed by atoms with van der Waals surface area (Å²) in [5, 5.41) is 14.4. The molecule has 0 atom stereocenters. The molecule has 0 amide bonds. The van der Waals surface area contributed by atoms with Gasteiger partial charge in [-0.15, -0.1) is 0 Å². The van der Waals surface area contributed by atoms with Crippen molar-refractivity contribution in [1.29, 1.82) is 0 Å². The zero-order valence-corrected chi connectivity index (χ0v) is 78.6. The zero-order chi connectivity index (χ0) is 94.8. The fourth-order valence-corrected chi connectivity index (χ4v) is 22.9. The van der Waals surface area contributed by atoms with Crippen molar-refractivity contribution in [2.45, 2.75) is 0 Å². The average Bonchev–Trinajstić information content (AvgIpc) is 1.54. The lowest BCUT2D eigenvalue weighted by Crippen LogP contribution is -2.03. The summed E-state index contributed by atoms with van der Waals surface area (Å²) in [6.07, 6.45) is 0. The van der Waals surface area contributed by atoms with Crippen LogP contribution < -0.4 is 0 Å². The molecule has 29 rings (SSSR count). The second kappa shape index (κ2) is 34.5. The molecule has 0 radical (unpaired) electrons. The molecule has 0 bridgehead atoms. The zero-order valence-electron chi connectivity index (χ0n) is 78.6. The van der Waals surface area contributed by atoms with E-state index in [1.807, 2.05) is 0 Å². The van der Waals surface area contributed by atoms with Crippen LogP contribution in [0.15, 0.2) is 546 Å². The van der Waals surface area contributed by atoms with Gasteiger partial charge in [0.15, 0.2) is 0 Å². The van der Waals surface area contributed by atoms with Crippen LogP contribution in [0.5, 0.6) is 0 Å². The van der Waals surface area contributed by atoms with Gasteiger partial charge in [0.05, 0.1) is 77.6 Å². The Hall–Kier alpha value is -19.1. The molecule has 0 fully saturated rings. The maximum Gasteiger partial charge on any atom is 0.0784 e. The largest absolute Gasteiger partial charge is 0.309 e. The van der Waals surface area contributed by atoms with Crippen molar-refractivity contribution in [2.24, 2.45) is 0 Å². The van der Waals surface area contributed by atoms with E-state index in [9.17, 15) is 0 Å². The second-order valence-corrected chi connectivity index (χ2v) is 37.8. The Balaban J connectivity index is 0.000000141. The van der Waals surface area contributed by atoms with Crippen molar-refractivity contribution in [2.75, 3.05) is 0 Å².